The van der Waals surface area contributed by atoms with E-state index in [4.69, 9.17) is 0 Å². The van der Waals surface area contributed by atoms with Crippen molar-refractivity contribution in [3.8, 4) is 0 Å². The molecule has 1 radical (unpaired) electrons. The Hall–Kier alpha value is -0.570. The van der Waals surface area contributed by atoms with Crippen LogP contribution in [0.25, 0.3) is 0 Å². The van der Waals surface area contributed by atoms with Crippen LogP contribution in [0.3, 0.4) is 0 Å². The number of carbonyl (C=O) groups excluding carboxylic acids is 1. The van der Waals surface area contributed by atoms with Gasteiger partial charge in [-0.2, -0.15) is 0 Å². The molecule has 1 amide bonds. The van der Waals surface area contributed by atoms with Gasteiger partial charge in [0.25, 0.3) is 0 Å². The molecular weight excluding hydrogens is 140 g/mol. The minimum absolute atomic E-state index is 0.106. The topological polar surface area (TPSA) is 32.3 Å². The monoisotopic (exact) mass is 157 g/mol. The molecule has 11 heavy (non-hydrogen) atoms. The summed E-state index contributed by atoms with van der Waals surface area (Å²) < 4.78 is 0. The number of nitrogens with zero attached hydrogens (tertiary/aromatic N) is 1. The summed E-state index contributed by atoms with van der Waals surface area (Å²) in [5.74, 6) is 0.106. The van der Waals surface area contributed by atoms with Crippen molar-refractivity contribution in [3.63, 3.8) is 0 Å². The van der Waals surface area contributed by atoms with E-state index in [0.29, 0.717) is 6.42 Å². The number of rotatable bonds is 5. The summed E-state index contributed by atoms with van der Waals surface area (Å²) in [5.41, 5.74) is 0. The number of hydrogen-bond acceptors (Lipinski definition) is 2. The van der Waals surface area contributed by atoms with E-state index in [0.717, 1.165) is 13.1 Å². The lowest BCUT2D eigenvalue weighted by Gasteiger charge is -2.09. The molecule has 0 saturated carbocycles. The second kappa shape index (κ2) is 6.16. The first-order valence-electron chi connectivity index (χ1n) is 3.86. The van der Waals surface area contributed by atoms with Crippen LogP contribution in [0.15, 0.2) is 0 Å². The van der Waals surface area contributed by atoms with Crippen molar-refractivity contribution < 1.29 is 4.79 Å². The summed E-state index contributed by atoms with van der Waals surface area (Å²) in [4.78, 5) is 12.9. The molecule has 0 unspecified atom stereocenters. The molecule has 0 atom stereocenters. The van der Waals surface area contributed by atoms with E-state index < -0.39 is 0 Å². The van der Waals surface area contributed by atoms with E-state index in [-0.39, 0.29) is 5.91 Å². The highest BCUT2D eigenvalue weighted by Gasteiger charge is 1.97. The predicted octanol–water partition coefficient (Wildman–Crippen LogP) is 0.278. The van der Waals surface area contributed by atoms with Crippen LogP contribution in [0.5, 0.6) is 0 Å². The lowest BCUT2D eigenvalue weighted by molar-refractivity contribution is -0.120. The average molecular weight is 157 g/mol. The Morgan fingerprint density at radius 1 is 1.55 bits per heavy atom. The normalized spacial score (nSPS) is 10.2. The van der Waals surface area contributed by atoms with Gasteiger partial charge in [-0.1, -0.05) is 6.92 Å². The zero-order chi connectivity index (χ0) is 8.69. The minimum atomic E-state index is 0.106. The molecule has 0 bridgehead atoms. The Balaban J connectivity index is 3.17. The lowest BCUT2D eigenvalue weighted by Crippen LogP contribution is -2.31. The highest BCUT2D eigenvalue weighted by molar-refractivity contribution is 5.76. The van der Waals surface area contributed by atoms with Gasteiger partial charge in [0.05, 0.1) is 0 Å². The van der Waals surface area contributed by atoms with Crippen LogP contribution < -0.4 is 5.32 Å². The van der Waals surface area contributed by atoms with E-state index in [9.17, 15) is 4.79 Å². The maximum atomic E-state index is 10.9. The molecular formula is C8H17N2O. The van der Waals surface area contributed by atoms with Crippen molar-refractivity contribution in [2.75, 3.05) is 27.2 Å². The standard InChI is InChI=1S/C8H17N2O/c1-4-5-8(11)9-6-7-10(2)3/h4H,5-7H2,1-3H3,(H,9,11). The molecule has 0 aromatic rings. The fourth-order valence-corrected chi connectivity index (χ4v) is 0.676. The molecule has 1 N–H and O–H groups in total. The van der Waals surface area contributed by atoms with Crippen molar-refractivity contribution in [2.45, 2.75) is 13.3 Å². The number of likely N-dealkylation sites (N-methyl/N-ethyl adjacent to an activating group) is 1. The molecule has 0 rings (SSSR count). The number of hydrogen-bond donors (Lipinski definition) is 1. The van der Waals surface area contributed by atoms with E-state index in [1.54, 1.807) is 0 Å². The van der Waals surface area contributed by atoms with Gasteiger partial charge >= 0.3 is 0 Å². The third kappa shape index (κ3) is 7.33. The zero-order valence-electron chi connectivity index (χ0n) is 7.55. The van der Waals surface area contributed by atoms with Crippen molar-refractivity contribution in [2.24, 2.45) is 0 Å². The van der Waals surface area contributed by atoms with Crippen LogP contribution in [-0.4, -0.2) is 38.0 Å². The molecule has 0 aromatic heterocycles. The van der Waals surface area contributed by atoms with Gasteiger partial charge in [0.2, 0.25) is 5.91 Å². The Bertz CT molecular complexity index is 113. The van der Waals surface area contributed by atoms with Crippen LogP contribution in [0, 0.1) is 6.42 Å². The van der Waals surface area contributed by atoms with Crippen LogP contribution in [0.1, 0.15) is 13.3 Å². The smallest absolute Gasteiger partial charge is 0.220 e. The summed E-state index contributed by atoms with van der Waals surface area (Å²) in [5, 5.41) is 2.80. The Morgan fingerprint density at radius 2 is 2.18 bits per heavy atom. The van der Waals surface area contributed by atoms with Gasteiger partial charge in [0, 0.05) is 19.5 Å². The second-order valence-electron chi connectivity index (χ2n) is 2.77. The van der Waals surface area contributed by atoms with Gasteiger partial charge in [-0.25, -0.2) is 0 Å². The fourth-order valence-electron chi connectivity index (χ4n) is 0.676. The largest absolute Gasteiger partial charge is 0.355 e. The van der Waals surface area contributed by atoms with E-state index in [1.807, 2.05) is 32.3 Å². The van der Waals surface area contributed by atoms with Gasteiger partial charge in [-0.15, -0.1) is 0 Å². The third-order valence-corrected chi connectivity index (χ3v) is 1.27. The van der Waals surface area contributed by atoms with Gasteiger partial charge < -0.3 is 10.2 Å². The average Bonchev–Trinajstić information content (AvgIpc) is 1.87. The van der Waals surface area contributed by atoms with Crippen LogP contribution in [0.4, 0.5) is 0 Å². The van der Waals surface area contributed by atoms with E-state index in [2.05, 4.69) is 5.32 Å². The Labute approximate surface area is 68.8 Å². The molecule has 0 heterocycles. The summed E-state index contributed by atoms with van der Waals surface area (Å²) in [6, 6.07) is 0. The van der Waals surface area contributed by atoms with Crippen molar-refractivity contribution in [3.05, 3.63) is 6.42 Å². The zero-order valence-corrected chi connectivity index (χ0v) is 7.55. The first-order valence-corrected chi connectivity index (χ1v) is 3.86. The number of carbonyl (C=O) groups is 1. The summed E-state index contributed by atoms with van der Waals surface area (Å²) in [7, 11) is 3.97. The molecule has 0 aliphatic carbocycles. The van der Waals surface area contributed by atoms with Crippen LogP contribution in [0.2, 0.25) is 0 Å². The van der Waals surface area contributed by atoms with Gasteiger partial charge in [0.1, 0.15) is 0 Å². The van der Waals surface area contributed by atoms with E-state index in [1.165, 1.54) is 0 Å². The molecule has 65 valence electrons. The molecule has 3 nitrogen and oxygen atoms in total. The molecule has 0 fully saturated rings. The van der Waals surface area contributed by atoms with Crippen LogP contribution in [-0.2, 0) is 4.79 Å². The second-order valence-corrected chi connectivity index (χ2v) is 2.77. The highest BCUT2D eigenvalue weighted by atomic mass is 16.1. The quantitative estimate of drug-likeness (QED) is 0.621. The first-order chi connectivity index (χ1) is 5.16. The Kier molecular flexibility index (Phi) is 5.84. The maximum Gasteiger partial charge on any atom is 0.220 e. The SMILES string of the molecule is C[CH]CC(=O)NCCN(C)C. The first kappa shape index (κ1) is 10.4. The predicted molar refractivity (Wildman–Crippen MR) is 46.2 cm³/mol. The number of nitrogens with one attached hydrogen (secondary N) is 1. The van der Waals surface area contributed by atoms with Crippen LogP contribution >= 0.6 is 0 Å². The summed E-state index contributed by atoms with van der Waals surface area (Å²) in [6.07, 6.45) is 2.37. The summed E-state index contributed by atoms with van der Waals surface area (Å²) >= 11 is 0. The van der Waals surface area contributed by atoms with E-state index >= 15 is 0 Å². The molecule has 0 aliphatic rings. The maximum absolute atomic E-state index is 10.9. The van der Waals surface area contributed by atoms with Crippen molar-refractivity contribution in [1.29, 1.82) is 0 Å². The number of amides is 1. The molecule has 0 spiro atoms. The Morgan fingerprint density at radius 3 is 2.64 bits per heavy atom. The molecule has 3 heteroatoms. The van der Waals surface area contributed by atoms with Crippen molar-refractivity contribution in [1.82, 2.24) is 10.2 Å². The van der Waals surface area contributed by atoms with Gasteiger partial charge in [-0.05, 0) is 20.5 Å². The van der Waals surface area contributed by atoms with Gasteiger partial charge in [-0.3, -0.25) is 4.79 Å². The fraction of sp³-hybridized carbons (Fsp3) is 0.750. The third-order valence-electron chi connectivity index (χ3n) is 1.27. The lowest BCUT2D eigenvalue weighted by atomic mass is 10.3. The van der Waals surface area contributed by atoms with Crippen molar-refractivity contribution >= 4 is 5.91 Å². The molecule has 0 aromatic carbocycles. The highest BCUT2D eigenvalue weighted by Crippen LogP contribution is 1.83. The summed E-state index contributed by atoms with van der Waals surface area (Å²) in [6.45, 7) is 3.51. The minimum Gasteiger partial charge on any atom is -0.355 e. The molecule has 0 saturated heterocycles. The van der Waals surface area contributed by atoms with Gasteiger partial charge in [0.15, 0.2) is 0 Å². The molecule has 0 aliphatic heterocycles.